The van der Waals surface area contributed by atoms with Crippen molar-refractivity contribution in [1.82, 2.24) is 4.90 Å². The summed E-state index contributed by atoms with van der Waals surface area (Å²) in [4.78, 5) is 6.39. The molecule has 0 amide bonds. The fourth-order valence-corrected chi connectivity index (χ4v) is 2.00. The second kappa shape index (κ2) is 8.18. The molecular formula is C14H22IN3O2. The van der Waals surface area contributed by atoms with Crippen LogP contribution in [0.3, 0.4) is 0 Å². The van der Waals surface area contributed by atoms with Gasteiger partial charge in [0, 0.05) is 13.1 Å². The number of ether oxygens (including phenoxy) is 2. The van der Waals surface area contributed by atoms with Crippen molar-refractivity contribution >= 4 is 29.9 Å². The normalized spacial score (nSPS) is 17.3. The van der Waals surface area contributed by atoms with Crippen LogP contribution < -0.4 is 15.2 Å². The molecule has 2 N–H and O–H groups in total. The van der Waals surface area contributed by atoms with Gasteiger partial charge in [-0.2, -0.15) is 0 Å². The molecule has 1 aliphatic heterocycles. The highest BCUT2D eigenvalue weighted by atomic mass is 127. The quantitative estimate of drug-likeness (QED) is 0.485. The summed E-state index contributed by atoms with van der Waals surface area (Å²) in [5.41, 5.74) is 5.93. The first-order chi connectivity index (χ1) is 9.24. The van der Waals surface area contributed by atoms with Crippen molar-refractivity contribution in [3.8, 4) is 11.5 Å². The highest BCUT2D eigenvalue weighted by Crippen LogP contribution is 2.30. The van der Waals surface area contributed by atoms with Crippen LogP contribution in [0.2, 0.25) is 0 Å². The van der Waals surface area contributed by atoms with Crippen LogP contribution in [0.1, 0.15) is 13.8 Å². The van der Waals surface area contributed by atoms with E-state index in [-0.39, 0.29) is 30.1 Å². The third-order valence-electron chi connectivity index (χ3n) is 3.11. The summed E-state index contributed by atoms with van der Waals surface area (Å²) in [6.07, 6.45) is -0.0796. The fraction of sp³-hybridized carbons (Fsp3) is 0.500. The zero-order valence-electron chi connectivity index (χ0n) is 11.9. The molecule has 0 bridgehead atoms. The van der Waals surface area contributed by atoms with E-state index in [1.54, 1.807) is 0 Å². The Labute approximate surface area is 137 Å². The van der Waals surface area contributed by atoms with Crippen molar-refractivity contribution in [3.05, 3.63) is 24.3 Å². The number of nitrogens with two attached hydrogens (primary N) is 1. The SMILES string of the molecule is CCN(CC)C(N)=NCC1COc2ccccc2O1.I. The molecule has 1 aromatic rings. The number of nitrogens with zero attached hydrogens (tertiary/aromatic N) is 2. The summed E-state index contributed by atoms with van der Waals surface area (Å²) >= 11 is 0. The van der Waals surface area contributed by atoms with Gasteiger partial charge in [-0.3, -0.25) is 0 Å². The largest absolute Gasteiger partial charge is 0.486 e. The van der Waals surface area contributed by atoms with Gasteiger partial charge in [0.05, 0.1) is 6.54 Å². The zero-order valence-corrected chi connectivity index (χ0v) is 14.2. The standard InChI is InChI=1S/C14H21N3O2.HI/c1-3-17(4-2)14(15)16-9-11-10-18-12-7-5-6-8-13(12)19-11;/h5-8,11H,3-4,9-10H2,1-2H3,(H2,15,16);1H. The van der Waals surface area contributed by atoms with Crippen molar-refractivity contribution < 1.29 is 9.47 Å². The molecule has 0 saturated carbocycles. The van der Waals surface area contributed by atoms with Gasteiger partial charge in [0.2, 0.25) is 0 Å². The van der Waals surface area contributed by atoms with Crippen molar-refractivity contribution in [2.45, 2.75) is 20.0 Å². The molecule has 1 aromatic carbocycles. The van der Waals surface area contributed by atoms with Gasteiger partial charge in [0.1, 0.15) is 6.61 Å². The summed E-state index contributed by atoms with van der Waals surface area (Å²) < 4.78 is 11.5. The van der Waals surface area contributed by atoms with E-state index in [9.17, 15) is 0 Å². The number of guanidine groups is 1. The van der Waals surface area contributed by atoms with E-state index in [1.807, 2.05) is 29.2 Å². The average molecular weight is 391 g/mol. The molecule has 6 heteroatoms. The lowest BCUT2D eigenvalue weighted by Gasteiger charge is -2.26. The highest BCUT2D eigenvalue weighted by molar-refractivity contribution is 14.0. The van der Waals surface area contributed by atoms with E-state index in [0.29, 0.717) is 19.1 Å². The second-order valence-electron chi connectivity index (χ2n) is 4.37. The van der Waals surface area contributed by atoms with Gasteiger partial charge in [-0.15, -0.1) is 24.0 Å². The molecule has 0 aromatic heterocycles. The van der Waals surface area contributed by atoms with Gasteiger partial charge in [0.15, 0.2) is 23.6 Å². The minimum absolute atomic E-state index is 0. The minimum Gasteiger partial charge on any atom is -0.486 e. The van der Waals surface area contributed by atoms with Crippen LogP contribution in [0, 0.1) is 0 Å². The monoisotopic (exact) mass is 391 g/mol. The Morgan fingerprint density at radius 2 is 1.95 bits per heavy atom. The number of aliphatic imine (C=N–C) groups is 1. The molecule has 0 spiro atoms. The predicted molar refractivity (Wildman–Crippen MR) is 91.2 cm³/mol. The van der Waals surface area contributed by atoms with Crippen LogP contribution in [-0.2, 0) is 0 Å². The first kappa shape index (κ1) is 16.9. The average Bonchev–Trinajstić information content (AvgIpc) is 2.46. The summed E-state index contributed by atoms with van der Waals surface area (Å²) in [5, 5.41) is 0. The Balaban J connectivity index is 0.00000200. The molecule has 0 saturated heterocycles. The molecule has 1 unspecified atom stereocenters. The van der Waals surface area contributed by atoms with E-state index in [2.05, 4.69) is 18.8 Å². The van der Waals surface area contributed by atoms with E-state index >= 15 is 0 Å². The Morgan fingerprint density at radius 1 is 1.30 bits per heavy atom. The molecule has 1 heterocycles. The number of halogens is 1. The number of rotatable bonds is 4. The maximum absolute atomic E-state index is 5.93. The lowest BCUT2D eigenvalue weighted by molar-refractivity contribution is 0.0970. The molecule has 112 valence electrons. The second-order valence-corrected chi connectivity index (χ2v) is 4.37. The first-order valence-corrected chi connectivity index (χ1v) is 6.68. The zero-order chi connectivity index (χ0) is 13.7. The molecule has 0 fully saturated rings. The van der Waals surface area contributed by atoms with Gasteiger partial charge < -0.3 is 20.1 Å². The predicted octanol–water partition coefficient (Wildman–Crippen LogP) is 2.10. The van der Waals surface area contributed by atoms with Crippen molar-refractivity contribution in [3.63, 3.8) is 0 Å². The summed E-state index contributed by atoms with van der Waals surface area (Å²) in [6.45, 7) is 6.85. The lowest BCUT2D eigenvalue weighted by Crippen LogP contribution is -2.39. The third kappa shape index (κ3) is 4.16. The molecule has 0 radical (unpaired) electrons. The Hall–Kier alpha value is -1.18. The maximum Gasteiger partial charge on any atom is 0.191 e. The number of hydrogen-bond acceptors (Lipinski definition) is 3. The van der Waals surface area contributed by atoms with Crippen LogP contribution >= 0.6 is 24.0 Å². The van der Waals surface area contributed by atoms with Gasteiger partial charge in [-0.1, -0.05) is 12.1 Å². The van der Waals surface area contributed by atoms with E-state index in [4.69, 9.17) is 15.2 Å². The third-order valence-corrected chi connectivity index (χ3v) is 3.11. The number of benzene rings is 1. The molecule has 1 atom stereocenters. The van der Waals surface area contributed by atoms with Gasteiger partial charge in [0.25, 0.3) is 0 Å². The van der Waals surface area contributed by atoms with Crippen LogP contribution in [0.25, 0.3) is 0 Å². The smallest absolute Gasteiger partial charge is 0.191 e. The van der Waals surface area contributed by atoms with Crippen LogP contribution in [0.4, 0.5) is 0 Å². The molecule has 5 nitrogen and oxygen atoms in total. The molecule has 1 aliphatic rings. The van der Waals surface area contributed by atoms with E-state index in [1.165, 1.54) is 0 Å². The van der Waals surface area contributed by atoms with Gasteiger partial charge >= 0.3 is 0 Å². The number of fused-ring (bicyclic) bond motifs is 1. The highest BCUT2D eigenvalue weighted by Gasteiger charge is 2.20. The molecule has 0 aliphatic carbocycles. The molecule has 20 heavy (non-hydrogen) atoms. The lowest BCUT2D eigenvalue weighted by atomic mass is 10.2. The Kier molecular flexibility index (Phi) is 6.90. The van der Waals surface area contributed by atoms with Crippen LogP contribution in [0.5, 0.6) is 11.5 Å². The van der Waals surface area contributed by atoms with Crippen molar-refractivity contribution in [2.24, 2.45) is 10.7 Å². The Morgan fingerprint density at radius 3 is 2.60 bits per heavy atom. The Bertz CT molecular complexity index is 450. The van der Waals surface area contributed by atoms with E-state index < -0.39 is 0 Å². The first-order valence-electron chi connectivity index (χ1n) is 6.68. The topological polar surface area (TPSA) is 60.1 Å². The minimum atomic E-state index is -0.0796. The number of para-hydroxylation sites is 2. The van der Waals surface area contributed by atoms with Crippen molar-refractivity contribution in [2.75, 3.05) is 26.2 Å². The van der Waals surface area contributed by atoms with E-state index in [0.717, 1.165) is 24.6 Å². The summed E-state index contributed by atoms with van der Waals surface area (Å²) in [7, 11) is 0. The molecular weight excluding hydrogens is 369 g/mol. The fourth-order valence-electron chi connectivity index (χ4n) is 2.00. The number of hydrogen-bond donors (Lipinski definition) is 1. The van der Waals surface area contributed by atoms with Crippen molar-refractivity contribution in [1.29, 1.82) is 0 Å². The van der Waals surface area contributed by atoms with Crippen LogP contribution in [-0.4, -0.2) is 43.2 Å². The maximum atomic E-state index is 5.93. The van der Waals surface area contributed by atoms with Gasteiger partial charge in [-0.05, 0) is 26.0 Å². The van der Waals surface area contributed by atoms with Crippen LogP contribution in [0.15, 0.2) is 29.3 Å². The molecule has 2 rings (SSSR count). The van der Waals surface area contributed by atoms with Gasteiger partial charge in [-0.25, -0.2) is 4.99 Å². The summed E-state index contributed by atoms with van der Waals surface area (Å²) in [6, 6.07) is 7.66. The summed E-state index contributed by atoms with van der Waals surface area (Å²) in [5.74, 6) is 2.13.